The van der Waals surface area contributed by atoms with Crippen LogP contribution in [0, 0.1) is 20.8 Å². The van der Waals surface area contributed by atoms with Crippen LogP contribution < -0.4 is 5.32 Å². The monoisotopic (exact) mass is 350 g/mol. The van der Waals surface area contributed by atoms with Crippen LogP contribution in [0.3, 0.4) is 0 Å². The van der Waals surface area contributed by atoms with Crippen LogP contribution in [-0.2, 0) is 4.79 Å². The summed E-state index contributed by atoms with van der Waals surface area (Å²) in [7, 11) is 0. The van der Waals surface area contributed by atoms with Crippen LogP contribution in [0.15, 0.2) is 24.3 Å². The molecular weight excluding hydrogens is 332 g/mol. The van der Waals surface area contributed by atoms with Crippen LogP contribution in [0.25, 0.3) is 5.69 Å². The molecular formula is C17H19ClN2O2S. The molecule has 2 heterocycles. The number of hydrogen-bond donors (Lipinski definition) is 2. The fraction of sp³-hybridized carbons (Fsp3) is 0.353. The zero-order chi connectivity index (χ0) is 16.7. The quantitative estimate of drug-likeness (QED) is 0.883. The van der Waals surface area contributed by atoms with Gasteiger partial charge >= 0.3 is 5.97 Å². The van der Waals surface area contributed by atoms with Gasteiger partial charge in [-0.1, -0.05) is 17.7 Å². The zero-order valence-electron chi connectivity index (χ0n) is 13.3. The number of aliphatic carboxylic acids is 1. The molecule has 0 saturated carbocycles. The second-order valence-corrected chi connectivity index (χ2v) is 7.57. The first-order valence-electron chi connectivity index (χ1n) is 7.45. The van der Waals surface area contributed by atoms with Crippen LogP contribution in [0.4, 0.5) is 0 Å². The lowest BCUT2D eigenvalue weighted by molar-refractivity contribution is -0.136. The molecule has 1 aromatic carbocycles. The molecule has 4 nitrogen and oxygen atoms in total. The van der Waals surface area contributed by atoms with E-state index >= 15 is 0 Å². The van der Waals surface area contributed by atoms with Crippen molar-refractivity contribution in [2.24, 2.45) is 0 Å². The Hall–Kier alpha value is -1.43. The Bertz CT molecular complexity index is 772. The summed E-state index contributed by atoms with van der Waals surface area (Å²) in [6.07, 6.45) is 0. The molecule has 0 bridgehead atoms. The van der Waals surface area contributed by atoms with Crippen LogP contribution >= 0.6 is 23.4 Å². The summed E-state index contributed by atoms with van der Waals surface area (Å²) in [5.41, 5.74) is 5.43. The van der Waals surface area contributed by atoms with E-state index in [0.29, 0.717) is 6.54 Å². The van der Waals surface area contributed by atoms with Gasteiger partial charge in [-0.15, -0.1) is 11.8 Å². The van der Waals surface area contributed by atoms with Crippen molar-refractivity contribution < 1.29 is 9.90 Å². The van der Waals surface area contributed by atoms with Crippen molar-refractivity contribution in [1.29, 1.82) is 0 Å². The highest BCUT2D eigenvalue weighted by molar-refractivity contribution is 8.01. The number of benzene rings is 1. The molecule has 2 atom stereocenters. The molecule has 6 heteroatoms. The summed E-state index contributed by atoms with van der Waals surface area (Å²) in [4.78, 5) is 11.1. The number of nitrogens with one attached hydrogen (secondary N) is 1. The Morgan fingerprint density at radius 3 is 2.70 bits per heavy atom. The van der Waals surface area contributed by atoms with Crippen LogP contribution in [-0.4, -0.2) is 27.4 Å². The number of nitrogens with zero attached hydrogens (tertiary/aromatic N) is 1. The van der Waals surface area contributed by atoms with Crippen molar-refractivity contribution in [1.82, 2.24) is 9.88 Å². The van der Waals surface area contributed by atoms with E-state index < -0.39 is 11.2 Å². The standard InChI is InChI=1S/C17H19ClN2O2S/c1-9-4-5-12(7-14(9)18)20-10(2)6-13(11(20)3)16-19-8-15(23-16)17(21)22/h4-7,15-16,19H,8H2,1-3H3,(H,21,22)/t15-,16-/m1/s1. The fourth-order valence-electron chi connectivity index (χ4n) is 2.97. The van der Waals surface area contributed by atoms with E-state index in [2.05, 4.69) is 35.9 Å². The Morgan fingerprint density at radius 1 is 1.35 bits per heavy atom. The van der Waals surface area contributed by atoms with Gasteiger partial charge in [0.05, 0.1) is 5.37 Å². The molecule has 23 heavy (non-hydrogen) atoms. The second kappa shape index (κ2) is 6.23. The topological polar surface area (TPSA) is 54.3 Å². The molecule has 0 radical (unpaired) electrons. The van der Waals surface area contributed by atoms with Crippen LogP contribution in [0.1, 0.15) is 27.9 Å². The maximum atomic E-state index is 11.1. The van der Waals surface area contributed by atoms with Gasteiger partial charge in [-0.05, 0) is 44.5 Å². The molecule has 1 saturated heterocycles. The summed E-state index contributed by atoms with van der Waals surface area (Å²) in [5, 5.41) is 12.8. The minimum absolute atomic E-state index is 0.0111. The first-order chi connectivity index (χ1) is 10.9. The van der Waals surface area contributed by atoms with Crippen LogP contribution in [0.5, 0.6) is 0 Å². The van der Waals surface area contributed by atoms with Crippen molar-refractivity contribution in [2.75, 3.05) is 6.54 Å². The highest BCUT2D eigenvalue weighted by Gasteiger charge is 2.32. The molecule has 2 N–H and O–H groups in total. The van der Waals surface area contributed by atoms with Crippen molar-refractivity contribution in [3.8, 4) is 5.69 Å². The van der Waals surface area contributed by atoms with Gasteiger partial charge < -0.3 is 9.67 Å². The highest BCUT2D eigenvalue weighted by atomic mass is 35.5. The largest absolute Gasteiger partial charge is 0.480 e. The minimum atomic E-state index is -0.760. The van der Waals surface area contributed by atoms with E-state index in [-0.39, 0.29) is 5.37 Å². The van der Waals surface area contributed by atoms with E-state index in [4.69, 9.17) is 16.7 Å². The summed E-state index contributed by atoms with van der Waals surface area (Å²) in [6.45, 7) is 6.59. The number of halogens is 1. The normalized spacial score (nSPS) is 20.9. The lowest BCUT2D eigenvalue weighted by Crippen LogP contribution is -2.21. The molecule has 122 valence electrons. The number of aromatic nitrogens is 1. The number of carbonyl (C=O) groups is 1. The number of carboxylic acids is 1. The molecule has 3 rings (SSSR count). The predicted octanol–water partition coefficient (Wildman–Crippen LogP) is 3.84. The van der Waals surface area contributed by atoms with Crippen molar-refractivity contribution >= 4 is 29.3 Å². The molecule has 1 aliphatic rings. The van der Waals surface area contributed by atoms with Gasteiger partial charge in [-0.25, -0.2) is 0 Å². The molecule has 0 aliphatic carbocycles. The van der Waals surface area contributed by atoms with E-state index in [1.807, 2.05) is 19.1 Å². The Morgan fingerprint density at radius 2 is 2.09 bits per heavy atom. The fourth-order valence-corrected chi connectivity index (χ4v) is 4.36. The van der Waals surface area contributed by atoms with E-state index in [1.54, 1.807) is 0 Å². The summed E-state index contributed by atoms with van der Waals surface area (Å²) in [6, 6.07) is 8.16. The maximum absolute atomic E-state index is 11.1. The highest BCUT2D eigenvalue weighted by Crippen LogP contribution is 2.38. The first-order valence-corrected chi connectivity index (χ1v) is 8.77. The molecule has 1 aromatic heterocycles. The SMILES string of the molecule is Cc1ccc(-n2c(C)cc([C@@H]3NC[C@H](C(=O)O)S3)c2C)cc1Cl. The third-order valence-corrected chi connectivity index (χ3v) is 6.03. The molecule has 0 amide bonds. The Balaban J connectivity index is 1.97. The predicted molar refractivity (Wildman–Crippen MR) is 94.7 cm³/mol. The molecule has 0 spiro atoms. The van der Waals surface area contributed by atoms with Gasteiger partial charge in [0.2, 0.25) is 0 Å². The Kier molecular flexibility index (Phi) is 4.45. The van der Waals surface area contributed by atoms with E-state index in [0.717, 1.165) is 33.2 Å². The smallest absolute Gasteiger partial charge is 0.318 e. The third-order valence-electron chi connectivity index (χ3n) is 4.23. The van der Waals surface area contributed by atoms with Gasteiger partial charge in [-0.3, -0.25) is 10.1 Å². The maximum Gasteiger partial charge on any atom is 0.318 e. The lowest BCUT2D eigenvalue weighted by atomic mass is 10.2. The Labute approximate surface area is 144 Å². The van der Waals surface area contributed by atoms with Gasteiger partial charge in [-0.2, -0.15) is 0 Å². The summed E-state index contributed by atoms with van der Waals surface area (Å²) in [5.74, 6) is -0.760. The van der Waals surface area contributed by atoms with Crippen molar-refractivity contribution in [3.63, 3.8) is 0 Å². The first kappa shape index (κ1) is 16.4. The molecule has 1 aliphatic heterocycles. The van der Waals surface area contributed by atoms with Gasteiger partial charge in [0.1, 0.15) is 5.25 Å². The van der Waals surface area contributed by atoms with Gasteiger partial charge in [0.25, 0.3) is 0 Å². The number of rotatable bonds is 3. The van der Waals surface area contributed by atoms with Crippen molar-refractivity contribution in [3.05, 3.63) is 51.8 Å². The number of thioether (sulfide) groups is 1. The van der Waals surface area contributed by atoms with Gasteiger partial charge in [0.15, 0.2) is 0 Å². The van der Waals surface area contributed by atoms with E-state index in [1.165, 1.54) is 11.8 Å². The molecule has 2 aromatic rings. The second-order valence-electron chi connectivity index (χ2n) is 5.85. The van der Waals surface area contributed by atoms with E-state index in [9.17, 15) is 4.79 Å². The average Bonchev–Trinajstić information content (AvgIpc) is 3.07. The number of carboxylic acid groups (broad SMARTS) is 1. The van der Waals surface area contributed by atoms with Crippen LogP contribution in [0.2, 0.25) is 5.02 Å². The minimum Gasteiger partial charge on any atom is -0.480 e. The molecule has 0 unspecified atom stereocenters. The van der Waals surface area contributed by atoms with Gasteiger partial charge in [0, 0.05) is 34.2 Å². The van der Waals surface area contributed by atoms with Crippen molar-refractivity contribution in [2.45, 2.75) is 31.4 Å². The average molecular weight is 351 g/mol. The summed E-state index contributed by atoms with van der Waals surface area (Å²) >= 11 is 7.72. The zero-order valence-corrected chi connectivity index (χ0v) is 14.8. The number of hydrogen-bond acceptors (Lipinski definition) is 3. The number of aryl methyl sites for hydroxylation is 2. The lowest BCUT2D eigenvalue weighted by Gasteiger charge is -2.13. The third kappa shape index (κ3) is 3.01. The molecule has 1 fully saturated rings. The summed E-state index contributed by atoms with van der Waals surface area (Å²) < 4.78 is 2.16.